The van der Waals surface area contributed by atoms with Gasteiger partial charge in [0.15, 0.2) is 0 Å². The lowest BCUT2D eigenvalue weighted by atomic mass is 10.0. The Kier molecular flexibility index (Phi) is 3.78. The highest BCUT2D eigenvalue weighted by Gasteiger charge is 2.26. The Labute approximate surface area is 131 Å². The first-order chi connectivity index (χ1) is 10.1. The Bertz CT molecular complexity index is 764. The smallest absolute Gasteiger partial charge is 0.312 e. The van der Waals surface area contributed by atoms with Crippen molar-refractivity contribution in [2.45, 2.75) is 0 Å². The first-order valence-corrected chi connectivity index (χ1v) is 6.92. The number of carbonyl (C=O) groups excluding carboxylic acids is 1. The van der Waals surface area contributed by atoms with Crippen LogP contribution in [-0.2, 0) is 9.63 Å². The molecule has 0 saturated heterocycles. The largest absolute Gasteiger partial charge is 0.368 e. The zero-order valence-corrected chi connectivity index (χ0v) is 12.2. The van der Waals surface area contributed by atoms with Crippen LogP contribution in [0.15, 0.2) is 59.3 Å². The van der Waals surface area contributed by atoms with Gasteiger partial charge in [0.1, 0.15) is 5.71 Å². The van der Waals surface area contributed by atoms with E-state index < -0.39 is 5.97 Å². The van der Waals surface area contributed by atoms with Gasteiger partial charge < -0.3 is 4.84 Å². The third kappa shape index (κ3) is 2.84. The van der Waals surface area contributed by atoms with Gasteiger partial charge in [0.05, 0.1) is 5.57 Å². The topological polar surface area (TPSA) is 38.7 Å². The van der Waals surface area contributed by atoms with E-state index in [-0.39, 0.29) is 0 Å². The van der Waals surface area contributed by atoms with E-state index in [1.54, 1.807) is 36.4 Å². The number of benzene rings is 2. The Morgan fingerprint density at radius 2 is 1.71 bits per heavy atom. The van der Waals surface area contributed by atoms with E-state index in [4.69, 9.17) is 28.0 Å². The van der Waals surface area contributed by atoms with Crippen molar-refractivity contribution in [2.24, 2.45) is 5.16 Å². The molecule has 0 N–H and O–H groups in total. The average molecular weight is 318 g/mol. The molecule has 0 bridgehead atoms. The molecule has 0 saturated carbocycles. The van der Waals surface area contributed by atoms with Crippen molar-refractivity contribution in [3.05, 3.63) is 75.3 Å². The van der Waals surface area contributed by atoms with Crippen LogP contribution in [0.2, 0.25) is 10.0 Å². The second-order valence-corrected chi connectivity index (χ2v) is 5.25. The van der Waals surface area contributed by atoms with E-state index >= 15 is 0 Å². The highest BCUT2D eigenvalue weighted by Crippen LogP contribution is 2.24. The van der Waals surface area contributed by atoms with Crippen molar-refractivity contribution in [3.63, 3.8) is 0 Å². The van der Waals surface area contributed by atoms with Gasteiger partial charge >= 0.3 is 5.97 Å². The average Bonchev–Trinajstić information content (AvgIpc) is 2.84. The summed E-state index contributed by atoms with van der Waals surface area (Å²) < 4.78 is 0. The minimum absolute atomic E-state index is 0.366. The van der Waals surface area contributed by atoms with E-state index in [9.17, 15) is 4.79 Å². The van der Waals surface area contributed by atoms with Crippen molar-refractivity contribution in [2.75, 3.05) is 0 Å². The van der Waals surface area contributed by atoms with Gasteiger partial charge in [-0.2, -0.15) is 0 Å². The maximum absolute atomic E-state index is 11.9. The quantitative estimate of drug-likeness (QED) is 0.610. The van der Waals surface area contributed by atoms with Crippen LogP contribution in [0.25, 0.3) is 6.08 Å². The zero-order valence-electron chi connectivity index (χ0n) is 10.7. The van der Waals surface area contributed by atoms with E-state index in [0.29, 0.717) is 21.3 Å². The Hall–Kier alpha value is -2.10. The van der Waals surface area contributed by atoms with E-state index in [1.807, 2.05) is 18.2 Å². The summed E-state index contributed by atoms with van der Waals surface area (Å²) in [5, 5.41) is 5.00. The molecule has 0 unspecified atom stereocenters. The third-order valence-electron chi connectivity index (χ3n) is 3.02. The van der Waals surface area contributed by atoms with Gasteiger partial charge in [-0.25, -0.2) is 4.79 Å². The minimum atomic E-state index is -0.500. The number of hydrogen-bond donors (Lipinski definition) is 0. The lowest BCUT2D eigenvalue weighted by molar-refractivity contribution is -0.136. The molecule has 3 nitrogen and oxygen atoms in total. The van der Waals surface area contributed by atoms with Gasteiger partial charge in [-0.15, -0.1) is 0 Å². The summed E-state index contributed by atoms with van der Waals surface area (Å²) in [7, 11) is 0. The lowest BCUT2D eigenvalue weighted by Crippen LogP contribution is -2.06. The van der Waals surface area contributed by atoms with Crippen LogP contribution in [0.1, 0.15) is 11.1 Å². The Morgan fingerprint density at radius 3 is 2.43 bits per heavy atom. The molecule has 5 heteroatoms. The van der Waals surface area contributed by atoms with Crippen LogP contribution in [0.3, 0.4) is 0 Å². The van der Waals surface area contributed by atoms with Crippen LogP contribution < -0.4 is 0 Å². The van der Waals surface area contributed by atoms with E-state index in [0.717, 1.165) is 11.1 Å². The van der Waals surface area contributed by atoms with E-state index in [1.165, 1.54) is 0 Å². The molecular formula is C16H9Cl2NO2. The van der Waals surface area contributed by atoms with Crippen molar-refractivity contribution in [3.8, 4) is 0 Å². The highest BCUT2D eigenvalue weighted by atomic mass is 35.5. The van der Waals surface area contributed by atoms with E-state index in [2.05, 4.69) is 5.16 Å². The fraction of sp³-hybridized carbons (Fsp3) is 0. The fourth-order valence-electron chi connectivity index (χ4n) is 1.97. The number of oxime groups is 1. The number of rotatable bonds is 2. The lowest BCUT2D eigenvalue weighted by Gasteiger charge is -2.02. The molecule has 0 atom stereocenters. The Balaban J connectivity index is 2.04. The molecule has 0 fully saturated rings. The third-order valence-corrected chi connectivity index (χ3v) is 3.61. The van der Waals surface area contributed by atoms with Crippen molar-refractivity contribution >= 4 is 41.0 Å². The zero-order chi connectivity index (χ0) is 14.8. The first kappa shape index (κ1) is 13.9. The number of hydrogen-bond acceptors (Lipinski definition) is 3. The molecule has 2 aromatic carbocycles. The summed E-state index contributed by atoms with van der Waals surface area (Å²) in [5.74, 6) is -0.500. The second-order valence-electron chi connectivity index (χ2n) is 4.41. The van der Waals surface area contributed by atoms with Crippen molar-refractivity contribution in [1.29, 1.82) is 0 Å². The molecule has 1 aliphatic rings. The summed E-state index contributed by atoms with van der Waals surface area (Å²) >= 11 is 12.0. The van der Waals surface area contributed by atoms with Gasteiger partial charge in [-0.1, -0.05) is 58.7 Å². The second kappa shape index (κ2) is 5.72. The summed E-state index contributed by atoms with van der Waals surface area (Å²) in [4.78, 5) is 16.6. The first-order valence-electron chi connectivity index (χ1n) is 6.17. The number of carbonyl (C=O) groups is 1. The minimum Gasteiger partial charge on any atom is -0.312 e. The van der Waals surface area contributed by atoms with Crippen LogP contribution in [0, 0.1) is 0 Å². The number of nitrogens with zero attached hydrogens (tertiary/aromatic N) is 1. The van der Waals surface area contributed by atoms with Gasteiger partial charge in [0.25, 0.3) is 0 Å². The van der Waals surface area contributed by atoms with Crippen LogP contribution in [0.5, 0.6) is 0 Å². The summed E-state index contributed by atoms with van der Waals surface area (Å²) in [6.07, 6.45) is 1.67. The molecule has 0 amide bonds. The molecule has 0 aromatic heterocycles. The molecule has 1 aliphatic heterocycles. The molecule has 0 radical (unpaired) electrons. The molecule has 0 aliphatic carbocycles. The Morgan fingerprint density at radius 1 is 1.00 bits per heavy atom. The van der Waals surface area contributed by atoms with Gasteiger partial charge in [0.2, 0.25) is 0 Å². The molecule has 1 heterocycles. The number of halogens is 2. The highest BCUT2D eigenvalue weighted by molar-refractivity contribution is 6.34. The monoisotopic (exact) mass is 317 g/mol. The molecule has 0 spiro atoms. The maximum Gasteiger partial charge on any atom is 0.368 e. The summed E-state index contributed by atoms with van der Waals surface area (Å²) in [6, 6.07) is 14.3. The SMILES string of the molecule is O=C1ON=C(c2ccc(Cl)cc2)/C1=C/c1ccccc1Cl. The fourth-order valence-corrected chi connectivity index (χ4v) is 2.29. The standard InChI is InChI=1S/C16H9Cl2NO2/c17-12-7-5-10(6-8-12)15-13(16(20)21-19-15)9-11-3-1-2-4-14(11)18/h1-9H/b13-9-. The van der Waals surface area contributed by atoms with Crippen molar-refractivity contribution in [1.82, 2.24) is 0 Å². The molecule has 21 heavy (non-hydrogen) atoms. The molecule has 3 rings (SSSR count). The van der Waals surface area contributed by atoms with Crippen LogP contribution in [0.4, 0.5) is 0 Å². The van der Waals surface area contributed by atoms with Crippen LogP contribution >= 0.6 is 23.2 Å². The summed E-state index contributed by atoms with van der Waals surface area (Å²) in [6.45, 7) is 0. The summed E-state index contributed by atoms with van der Waals surface area (Å²) in [5.41, 5.74) is 2.32. The maximum atomic E-state index is 11.9. The molecule has 104 valence electrons. The normalized spacial score (nSPS) is 16.0. The van der Waals surface area contributed by atoms with Gasteiger partial charge in [-0.05, 0) is 29.8 Å². The predicted octanol–water partition coefficient (Wildman–Crippen LogP) is 4.34. The van der Waals surface area contributed by atoms with Gasteiger partial charge in [-0.3, -0.25) is 0 Å². The predicted molar refractivity (Wildman–Crippen MR) is 83.5 cm³/mol. The van der Waals surface area contributed by atoms with Gasteiger partial charge in [0, 0.05) is 15.6 Å². The molecule has 2 aromatic rings. The molecular weight excluding hydrogens is 309 g/mol. The van der Waals surface area contributed by atoms with Crippen molar-refractivity contribution < 1.29 is 9.63 Å². The van der Waals surface area contributed by atoms with Crippen LogP contribution in [-0.4, -0.2) is 11.7 Å².